The SMILES string of the molecule is CCc1nn(-c2ncnc3nc[nH]c23)cc1C=O. The minimum Gasteiger partial charge on any atom is -0.340 e. The monoisotopic (exact) mass is 242 g/mol. The second kappa shape index (κ2) is 4.02. The number of imidazole rings is 1. The van der Waals surface area contributed by atoms with E-state index in [1.165, 1.54) is 6.33 Å². The Morgan fingerprint density at radius 3 is 3.00 bits per heavy atom. The number of fused-ring (bicyclic) bond motifs is 1. The second-order valence-corrected chi connectivity index (χ2v) is 3.75. The van der Waals surface area contributed by atoms with Crippen LogP contribution in [0.4, 0.5) is 0 Å². The van der Waals surface area contributed by atoms with Crippen LogP contribution in [-0.2, 0) is 6.42 Å². The molecule has 0 radical (unpaired) electrons. The molecule has 0 fully saturated rings. The summed E-state index contributed by atoms with van der Waals surface area (Å²) in [5.41, 5.74) is 2.58. The Morgan fingerprint density at radius 1 is 1.39 bits per heavy atom. The maximum Gasteiger partial charge on any atom is 0.182 e. The van der Waals surface area contributed by atoms with Gasteiger partial charge in [-0.3, -0.25) is 4.79 Å². The first kappa shape index (κ1) is 10.6. The molecule has 0 amide bonds. The smallest absolute Gasteiger partial charge is 0.182 e. The zero-order valence-electron chi connectivity index (χ0n) is 9.66. The van der Waals surface area contributed by atoms with E-state index in [-0.39, 0.29) is 0 Å². The van der Waals surface area contributed by atoms with Crippen LogP contribution in [-0.4, -0.2) is 36.0 Å². The standard InChI is InChI=1S/C11H10N6O/c1-2-8-7(4-18)3-17(16-8)11-9-10(13-5-12-9)14-6-15-11/h3-6H,2H2,1H3,(H,12,13,14,15). The van der Waals surface area contributed by atoms with Gasteiger partial charge in [0.2, 0.25) is 0 Å². The summed E-state index contributed by atoms with van der Waals surface area (Å²) in [6, 6.07) is 0. The van der Waals surface area contributed by atoms with Gasteiger partial charge in [0.15, 0.2) is 17.8 Å². The maximum absolute atomic E-state index is 10.9. The van der Waals surface area contributed by atoms with Gasteiger partial charge < -0.3 is 4.98 Å². The molecule has 1 N–H and O–H groups in total. The maximum atomic E-state index is 10.9. The van der Waals surface area contributed by atoms with Crippen molar-refractivity contribution in [3.8, 4) is 5.82 Å². The molecule has 3 heterocycles. The van der Waals surface area contributed by atoms with Crippen molar-refractivity contribution in [1.82, 2.24) is 29.7 Å². The van der Waals surface area contributed by atoms with Gasteiger partial charge in [-0.1, -0.05) is 6.92 Å². The Morgan fingerprint density at radius 2 is 2.28 bits per heavy atom. The number of hydrogen-bond donors (Lipinski definition) is 1. The van der Waals surface area contributed by atoms with Gasteiger partial charge in [-0.25, -0.2) is 19.6 Å². The Labute approximate surface area is 102 Å². The van der Waals surface area contributed by atoms with Crippen LogP contribution in [0.1, 0.15) is 23.0 Å². The summed E-state index contributed by atoms with van der Waals surface area (Å²) in [5.74, 6) is 0.584. The molecule has 0 aliphatic rings. The van der Waals surface area contributed by atoms with E-state index in [1.807, 2.05) is 6.92 Å². The van der Waals surface area contributed by atoms with Gasteiger partial charge >= 0.3 is 0 Å². The number of nitrogens with zero attached hydrogens (tertiary/aromatic N) is 5. The summed E-state index contributed by atoms with van der Waals surface area (Å²) in [6.45, 7) is 1.95. The number of H-pyrrole nitrogens is 1. The molecule has 90 valence electrons. The summed E-state index contributed by atoms with van der Waals surface area (Å²) in [6.07, 6.45) is 6.13. The molecule has 0 saturated carbocycles. The minimum atomic E-state index is 0.571. The van der Waals surface area contributed by atoms with Crippen molar-refractivity contribution >= 4 is 17.5 Å². The summed E-state index contributed by atoms with van der Waals surface area (Å²) in [7, 11) is 0. The molecule has 7 heteroatoms. The normalized spacial score (nSPS) is 10.9. The number of aldehydes is 1. The molecule has 7 nitrogen and oxygen atoms in total. The summed E-state index contributed by atoms with van der Waals surface area (Å²) in [4.78, 5) is 26.2. The van der Waals surface area contributed by atoms with E-state index in [0.29, 0.717) is 29.0 Å². The van der Waals surface area contributed by atoms with Crippen molar-refractivity contribution in [2.24, 2.45) is 0 Å². The van der Waals surface area contributed by atoms with Gasteiger partial charge in [-0.2, -0.15) is 5.10 Å². The Bertz CT molecular complexity index is 713. The highest BCUT2D eigenvalue weighted by atomic mass is 16.1. The molecule has 0 aromatic carbocycles. The number of nitrogens with one attached hydrogen (secondary N) is 1. The van der Waals surface area contributed by atoms with Crippen molar-refractivity contribution in [2.75, 3.05) is 0 Å². The van der Waals surface area contributed by atoms with E-state index in [2.05, 4.69) is 25.0 Å². The predicted octanol–water partition coefficient (Wildman–Crippen LogP) is 0.913. The third kappa shape index (κ3) is 1.48. The molecule has 3 rings (SSSR count). The van der Waals surface area contributed by atoms with Crippen LogP contribution in [0.15, 0.2) is 18.9 Å². The molecule has 0 atom stereocenters. The summed E-state index contributed by atoms with van der Waals surface area (Å²) in [5, 5.41) is 4.35. The van der Waals surface area contributed by atoms with Crippen LogP contribution < -0.4 is 0 Å². The summed E-state index contributed by atoms with van der Waals surface area (Å²) < 4.78 is 1.57. The van der Waals surface area contributed by atoms with Crippen LogP contribution in [0.25, 0.3) is 17.0 Å². The highest BCUT2D eigenvalue weighted by molar-refractivity contribution is 5.79. The number of carbonyl (C=O) groups is 1. The quantitative estimate of drug-likeness (QED) is 0.689. The predicted molar refractivity (Wildman–Crippen MR) is 63.6 cm³/mol. The molecule has 3 aromatic heterocycles. The third-order valence-corrected chi connectivity index (χ3v) is 2.70. The molecular formula is C11H10N6O. The molecule has 0 spiro atoms. The molecule has 0 aliphatic heterocycles. The van der Waals surface area contributed by atoms with Crippen molar-refractivity contribution in [3.63, 3.8) is 0 Å². The fraction of sp³-hybridized carbons (Fsp3) is 0.182. The molecule has 0 unspecified atom stereocenters. The number of hydrogen-bond acceptors (Lipinski definition) is 5. The molecule has 0 saturated heterocycles. The molecule has 0 aliphatic carbocycles. The summed E-state index contributed by atoms with van der Waals surface area (Å²) >= 11 is 0. The zero-order chi connectivity index (χ0) is 12.5. The lowest BCUT2D eigenvalue weighted by molar-refractivity contribution is 0.112. The van der Waals surface area contributed by atoms with Crippen LogP contribution >= 0.6 is 0 Å². The van der Waals surface area contributed by atoms with Gasteiger partial charge in [0.1, 0.15) is 11.8 Å². The van der Waals surface area contributed by atoms with E-state index in [4.69, 9.17) is 0 Å². The van der Waals surface area contributed by atoms with E-state index in [9.17, 15) is 4.79 Å². The fourth-order valence-electron chi connectivity index (χ4n) is 1.83. The third-order valence-electron chi connectivity index (χ3n) is 2.70. The lowest BCUT2D eigenvalue weighted by Gasteiger charge is -1.99. The van der Waals surface area contributed by atoms with E-state index in [0.717, 1.165) is 12.0 Å². The van der Waals surface area contributed by atoms with Crippen LogP contribution in [0.3, 0.4) is 0 Å². The van der Waals surface area contributed by atoms with E-state index in [1.54, 1.807) is 17.2 Å². The van der Waals surface area contributed by atoms with Gasteiger partial charge in [0, 0.05) is 6.20 Å². The molecule has 0 bridgehead atoms. The first-order valence-corrected chi connectivity index (χ1v) is 5.51. The molecule has 3 aromatic rings. The Kier molecular flexibility index (Phi) is 2.36. The highest BCUT2D eigenvalue weighted by Gasteiger charge is 2.12. The molecular weight excluding hydrogens is 232 g/mol. The fourth-order valence-corrected chi connectivity index (χ4v) is 1.83. The average molecular weight is 242 g/mol. The largest absolute Gasteiger partial charge is 0.340 e. The first-order chi connectivity index (χ1) is 8.83. The zero-order valence-corrected chi connectivity index (χ0v) is 9.66. The highest BCUT2D eigenvalue weighted by Crippen LogP contribution is 2.15. The number of aromatic nitrogens is 6. The van der Waals surface area contributed by atoms with Crippen LogP contribution in [0.2, 0.25) is 0 Å². The van der Waals surface area contributed by atoms with Crippen LogP contribution in [0.5, 0.6) is 0 Å². The Balaban J connectivity index is 2.22. The number of aromatic amines is 1. The van der Waals surface area contributed by atoms with Gasteiger partial charge in [0.25, 0.3) is 0 Å². The van der Waals surface area contributed by atoms with Crippen LogP contribution in [0, 0.1) is 0 Å². The molecule has 18 heavy (non-hydrogen) atoms. The van der Waals surface area contributed by atoms with Gasteiger partial charge in [-0.15, -0.1) is 0 Å². The second-order valence-electron chi connectivity index (χ2n) is 3.75. The number of rotatable bonds is 3. The van der Waals surface area contributed by atoms with E-state index < -0.39 is 0 Å². The van der Waals surface area contributed by atoms with Gasteiger partial charge in [-0.05, 0) is 6.42 Å². The number of aryl methyl sites for hydroxylation is 1. The Hall–Kier alpha value is -2.57. The van der Waals surface area contributed by atoms with Crippen molar-refractivity contribution in [1.29, 1.82) is 0 Å². The average Bonchev–Trinajstić information content (AvgIpc) is 3.04. The van der Waals surface area contributed by atoms with Crippen molar-refractivity contribution in [2.45, 2.75) is 13.3 Å². The van der Waals surface area contributed by atoms with Crippen molar-refractivity contribution < 1.29 is 4.79 Å². The van der Waals surface area contributed by atoms with E-state index >= 15 is 0 Å². The lowest BCUT2D eigenvalue weighted by atomic mass is 10.2. The number of carbonyl (C=O) groups excluding carboxylic acids is 1. The minimum absolute atomic E-state index is 0.571. The lowest BCUT2D eigenvalue weighted by Crippen LogP contribution is -2.00. The first-order valence-electron chi connectivity index (χ1n) is 5.51. The topological polar surface area (TPSA) is 89.3 Å². The van der Waals surface area contributed by atoms with Crippen molar-refractivity contribution in [3.05, 3.63) is 30.1 Å². The van der Waals surface area contributed by atoms with Gasteiger partial charge in [0.05, 0.1) is 17.6 Å².